The predicted octanol–water partition coefficient (Wildman–Crippen LogP) is 1.45. The number of rotatable bonds is 4. The summed E-state index contributed by atoms with van der Waals surface area (Å²) in [5.74, 6) is 0.874. The molecule has 0 unspecified atom stereocenters. The fourth-order valence-corrected chi connectivity index (χ4v) is 4.97. The van der Waals surface area contributed by atoms with Crippen LogP contribution in [0.15, 0.2) is 21.5 Å². The Kier molecular flexibility index (Phi) is 5.13. The van der Waals surface area contributed by atoms with Crippen molar-refractivity contribution in [3.63, 3.8) is 0 Å². The minimum absolute atomic E-state index is 0.0938. The monoisotopic (exact) mass is 378 g/mol. The summed E-state index contributed by atoms with van der Waals surface area (Å²) in [6.45, 7) is 3.63. The second kappa shape index (κ2) is 6.51. The first kappa shape index (κ1) is 16.5. The molecule has 0 amide bonds. The molecule has 1 aliphatic heterocycles. The summed E-state index contributed by atoms with van der Waals surface area (Å²) < 4.78 is 38.1. The average Bonchev–Trinajstić information content (AvgIpc) is 2.46. The molecule has 1 atom stereocenters. The second-order valence-corrected chi connectivity index (χ2v) is 7.52. The number of methoxy groups -OCH3 is 2. The van der Waals surface area contributed by atoms with E-state index < -0.39 is 10.0 Å². The molecule has 1 aromatic rings. The normalized spacial score (nSPS) is 20.3. The third-order valence-corrected chi connectivity index (χ3v) is 6.44. The van der Waals surface area contributed by atoms with Crippen molar-refractivity contribution in [3.05, 3.63) is 16.6 Å². The number of hydrogen-bond acceptors (Lipinski definition) is 5. The lowest BCUT2D eigenvalue weighted by Crippen LogP contribution is -2.52. The third kappa shape index (κ3) is 3.18. The number of piperazine rings is 1. The lowest BCUT2D eigenvalue weighted by atomic mass is 10.3. The third-order valence-electron chi connectivity index (χ3n) is 3.47. The highest BCUT2D eigenvalue weighted by molar-refractivity contribution is 9.10. The lowest BCUT2D eigenvalue weighted by molar-refractivity contribution is 0.283. The van der Waals surface area contributed by atoms with E-state index in [2.05, 4.69) is 21.2 Å². The van der Waals surface area contributed by atoms with Gasteiger partial charge >= 0.3 is 0 Å². The molecule has 21 heavy (non-hydrogen) atoms. The highest BCUT2D eigenvalue weighted by atomic mass is 79.9. The topological polar surface area (TPSA) is 67.9 Å². The van der Waals surface area contributed by atoms with Gasteiger partial charge in [-0.2, -0.15) is 4.31 Å². The van der Waals surface area contributed by atoms with Gasteiger partial charge in [-0.05, 0) is 28.9 Å². The van der Waals surface area contributed by atoms with Gasteiger partial charge in [-0.1, -0.05) is 0 Å². The van der Waals surface area contributed by atoms with Gasteiger partial charge in [-0.3, -0.25) is 0 Å². The van der Waals surface area contributed by atoms with Crippen LogP contribution in [0.25, 0.3) is 0 Å². The number of nitrogens with zero attached hydrogens (tertiary/aromatic N) is 1. The fraction of sp³-hybridized carbons (Fsp3) is 0.538. The quantitative estimate of drug-likeness (QED) is 0.858. The van der Waals surface area contributed by atoms with Crippen molar-refractivity contribution in [1.29, 1.82) is 0 Å². The molecule has 1 N–H and O–H groups in total. The Bertz CT molecular complexity index is 621. The van der Waals surface area contributed by atoms with E-state index in [1.807, 2.05) is 6.92 Å². The molecule has 1 heterocycles. The molecule has 118 valence electrons. The first-order valence-electron chi connectivity index (χ1n) is 6.56. The Morgan fingerprint density at radius 2 is 1.90 bits per heavy atom. The van der Waals surface area contributed by atoms with Gasteiger partial charge in [0, 0.05) is 36.2 Å². The zero-order valence-electron chi connectivity index (χ0n) is 12.2. The average molecular weight is 379 g/mol. The van der Waals surface area contributed by atoms with Gasteiger partial charge < -0.3 is 14.8 Å². The number of halogens is 1. The van der Waals surface area contributed by atoms with E-state index in [9.17, 15) is 8.42 Å². The summed E-state index contributed by atoms with van der Waals surface area (Å²) in [7, 11) is -0.596. The second-order valence-electron chi connectivity index (χ2n) is 4.81. The zero-order valence-corrected chi connectivity index (χ0v) is 14.6. The van der Waals surface area contributed by atoms with E-state index in [1.165, 1.54) is 24.6 Å². The maximum absolute atomic E-state index is 12.9. The molecule has 2 rings (SSSR count). The smallest absolute Gasteiger partial charge is 0.244 e. The maximum Gasteiger partial charge on any atom is 0.244 e. The van der Waals surface area contributed by atoms with Gasteiger partial charge in [0.1, 0.15) is 4.90 Å². The van der Waals surface area contributed by atoms with E-state index in [1.54, 1.807) is 6.07 Å². The zero-order chi connectivity index (χ0) is 15.6. The van der Waals surface area contributed by atoms with Crippen LogP contribution in [0.1, 0.15) is 6.92 Å². The van der Waals surface area contributed by atoms with Crippen molar-refractivity contribution >= 4 is 26.0 Å². The van der Waals surface area contributed by atoms with Gasteiger partial charge in [0.05, 0.1) is 14.2 Å². The molecule has 0 saturated carbocycles. The SMILES string of the molecule is COc1cc(Br)c(S(=O)(=O)N2CCNC[C@H]2C)cc1OC. The van der Waals surface area contributed by atoms with Crippen molar-refractivity contribution in [2.45, 2.75) is 17.9 Å². The van der Waals surface area contributed by atoms with Crippen molar-refractivity contribution in [3.8, 4) is 11.5 Å². The van der Waals surface area contributed by atoms with Crippen molar-refractivity contribution in [1.82, 2.24) is 9.62 Å². The van der Waals surface area contributed by atoms with Crippen molar-refractivity contribution in [2.24, 2.45) is 0 Å². The van der Waals surface area contributed by atoms with E-state index in [-0.39, 0.29) is 10.9 Å². The van der Waals surface area contributed by atoms with Crippen LogP contribution in [0.5, 0.6) is 11.5 Å². The molecular weight excluding hydrogens is 360 g/mol. The summed E-state index contributed by atoms with van der Waals surface area (Å²) in [6.07, 6.45) is 0. The van der Waals surface area contributed by atoms with E-state index in [4.69, 9.17) is 9.47 Å². The van der Waals surface area contributed by atoms with Crippen molar-refractivity contribution < 1.29 is 17.9 Å². The Hall–Kier alpha value is -0.830. The number of hydrogen-bond donors (Lipinski definition) is 1. The van der Waals surface area contributed by atoms with E-state index >= 15 is 0 Å². The van der Waals surface area contributed by atoms with E-state index in [0.29, 0.717) is 35.6 Å². The van der Waals surface area contributed by atoms with Gasteiger partial charge in [-0.15, -0.1) is 0 Å². The van der Waals surface area contributed by atoms with Crippen molar-refractivity contribution in [2.75, 3.05) is 33.9 Å². The molecule has 1 saturated heterocycles. The molecule has 0 aliphatic carbocycles. The molecule has 6 nitrogen and oxygen atoms in total. The van der Waals surface area contributed by atoms with Crippen LogP contribution in [0.2, 0.25) is 0 Å². The first-order valence-corrected chi connectivity index (χ1v) is 8.79. The number of ether oxygens (including phenoxy) is 2. The molecule has 0 aromatic heterocycles. The Balaban J connectivity index is 2.49. The largest absolute Gasteiger partial charge is 0.493 e. The summed E-state index contributed by atoms with van der Waals surface area (Å²) in [5, 5.41) is 3.18. The lowest BCUT2D eigenvalue weighted by Gasteiger charge is -2.33. The van der Waals surface area contributed by atoms with Crippen LogP contribution < -0.4 is 14.8 Å². The summed E-state index contributed by atoms with van der Waals surface area (Å²) in [4.78, 5) is 0.189. The summed E-state index contributed by atoms with van der Waals surface area (Å²) >= 11 is 3.32. The van der Waals surface area contributed by atoms with Gasteiger partial charge in [0.2, 0.25) is 10.0 Å². The molecule has 8 heteroatoms. The number of sulfonamides is 1. The number of benzene rings is 1. The molecule has 0 bridgehead atoms. The highest BCUT2D eigenvalue weighted by Crippen LogP contribution is 2.37. The Labute approximate surface area is 133 Å². The van der Waals surface area contributed by atoms with Crippen LogP contribution in [-0.2, 0) is 10.0 Å². The maximum atomic E-state index is 12.9. The summed E-state index contributed by atoms with van der Waals surface area (Å²) in [6, 6.07) is 3.01. The van der Waals surface area contributed by atoms with Crippen LogP contribution in [0, 0.1) is 0 Å². The standard InChI is InChI=1S/C13H19BrN2O4S/c1-9-8-15-4-5-16(9)21(17,18)13-7-12(20-3)11(19-2)6-10(13)14/h6-7,9,15H,4-5,8H2,1-3H3/t9-/m1/s1. The van der Waals surface area contributed by atoms with Gasteiger partial charge in [-0.25, -0.2) is 8.42 Å². The van der Waals surface area contributed by atoms with E-state index in [0.717, 1.165) is 0 Å². The Morgan fingerprint density at radius 1 is 1.29 bits per heavy atom. The van der Waals surface area contributed by atoms with Gasteiger partial charge in [0.15, 0.2) is 11.5 Å². The van der Waals surface area contributed by atoms with Crippen LogP contribution in [0.4, 0.5) is 0 Å². The molecule has 1 aromatic carbocycles. The van der Waals surface area contributed by atoms with Crippen LogP contribution in [0.3, 0.4) is 0 Å². The molecule has 1 fully saturated rings. The molecule has 0 spiro atoms. The summed E-state index contributed by atoms with van der Waals surface area (Å²) in [5.41, 5.74) is 0. The number of nitrogens with one attached hydrogen (secondary N) is 1. The van der Waals surface area contributed by atoms with Crippen LogP contribution >= 0.6 is 15.9 Å². The van der Waals surface area contributed by atoms with Crippen LogP contribution in [-0.4, -0.2) is 52.6 Å². The molecular formula is C13H19BrN2O4S. The Morgan fingerprint density at radius 3 is 2.48 bits per heavy atom. The fourth-order valence-electron chi connectivity index (χ4n) is 2.34. The van der Waals surface area contributed by atoms with Gasteiger partial charge in [0.25, 0.3) is 0 Å². The minimum atomic E-state index is -3.59. The first-order chi connectivity index (χ1) is 9.91. The highest BCUT2D eigenvalue weighted by Gasteiger charge is 2.33. The molecule has 0 radical (unpaired) electrons. The minimum Gasteiger partial charge on any atom is -0.493 e. The molecule has 1 aliphatic rings. The predicted molar refractivity (Wildman–Crippen MR) is 83.5 cm³/mol.